The molecule has 0 bridgehead atoms. The van der Waals surface area contributed by atoms with Gasteiger partial charge < -0.3 is 5.21 Å². The highest BCUT2D eigenvalue weighted by atomic mass is 32.2. The van der Waals surface area contributed by atoms with E-state index >= 15 is 0 Å². The molecular formula is C25H35N3O3S. The molecule has 0 aromatic heterocycles. The Labute approximate surface area is 192 Å². The van der Waals surface area contributed by atoms with E-state index in [0.29, 0.717) is 23.4 Å². The highest BCUT2D eigenvalue weighted by molar-refractivity contribution is 7.89. The number of benzene rings is 2. The van der Waals surface area contributed by atoms with E-state index in [4.69, 9.17) is 0 Å². The van der Waals surface area contributed by atoms with Crippen LogP contribution in [0.25, 0.3) is 0 Å². The molecule has 0 saturated carbocycles. The molecule has 6 nitrogen and oxygen atoms in total. The zero-order chi connectivity index (χ0) is 23.2. The number of oxime groups is 1. The van der Waals surface area contributed by atoms with Gasteiger partial charge in [0.2, 0.25) is 0 Å². The summed E-state index contributed by atoms with van der Waals surface area (Å²) in [7, 11) is -3.84. The predicted molar refractivity (Wildman–Crippen MR) is 131 cm³/mol. The van der Waals surface area contributed by atoms with Crippen molar-refractivity contribution in [3.63, 3.8) is 0 Å². The summed E-state index contributed by atoms with van der Waals surface area (Å²) < 4.78 is 25.4. The highest BCUT2D eigenvalue weighted by Gasteiger charge is 2.17. The fraction of sp³-hybridized carbons (Fsp3) is 0.440. The van der Waals surface area contributed by atoms with Crippen molar-refractivity contribution < 1.29 is 13.6 Å². The molecule has 7 heteroatoms. The van der Waals surface area contributed by atoms with Gasteiger partial charge in [0.05, 0.1) is 4.90 Å². The summed E-state index contributed by atoms with van der Waals surface area (Å²) in [5.74, 6) is 0. The van der Waals surface area contributed by atoms with Crippen molar-refractivity contribution in [2.45, 2.75) is 76.5 Å². The molecule has 0 aliphatic rings. The van der Waals surface area contributed by atoms with Gasteiger partial charge in [-0.1, -0.05) is 105 Å². The third kappa shape index (κ3) is 8.46. The van der Waals surface area contributed by atoms with Crippen LogP contribution >= 0.6 is 0 Å². The van der Waals surface area contributed by atoms with Gasteiger partial charge in [-0.15, -0.1) is 0 Å². The zero-order valence-electron chi connectivity index (χ0n) is 19.1. The van der Waals surface area contributed by atoms with Crippen LogP contribution in [0.15, 0.2) is 69.7 Å². The van der Waals surface area contributed by atoms with Crippen LogP contribution in [-0.2, 0) is 10.0 Å². The van der Waals surface area contributed by atoms with E-state index in [2.05, 4.69) is 22.0 Å². The number of rotatable bonds is 14. The SMILES string of the molecule is CCCCCCCCCCC(=N/O)/C(=N/NS(=O)(=O)c1ccc(C)cc1)c1ccccc1. The van der Waals surface area contributed by atoms with Gasteiger partial charge in [-0.25, -0.2) is 0 Å². The number of nitrogens with zero attached hydrogens (tertiary/aromatic N) is 2. The molecule has 0 heterocycles. The molecule has 0 unspecified atom stereocenters. The van der Waals surface area contributed by atoms with Crippen LogP contribution in [-0.4, -0.2) is 25.0 Å². The Bertz CT molecular complexity index is 969. The second-order valence-electron chi connectivity index (χ2n) is 8.01. The first-order valence-electron chi connectivity index (χ1n) is 11.4. The Kier molecular flexibility index (Phi) is 10.9. The van der Waals surface area contributed by atoms with E-state index in [1.54, 1.807) is 12.1 Å². The maximum atomic E-state index is 12.7. The molecule has 0 saturated heterocycles. The van der Waals surface area contributed by atoms with Crippen LogP contribution in [0.1, 0.15) is 75.8 Å². The molecular weight excluding hydrogens is 422 g/mol. The Hall–Kier alpha value is -2.67. The second kappa shape index (κ2) is 13.7. The zero-order valence-corrected chi connectivity index (χ0v) is 19.9. The second-order valence-corrected chi connectivity index (χ2v) is 9.67. The summed E-state index contributed by atoms with van der Waals surface area (Å²) >= 11 is 0. The minimum atomic E-state index is -3.84. The van der Waals surface area contributed by atoms with Gasteiger partial charge in [0, 0.05) is 5.56 Å². The molecule has 2 aromatic rings. The van der Waals surface area contributed by atoms with Crippen LogP contribution in [0.2, 0.25) is 0 Å². The topological polar surface area (TPSA) is 91.1 Å². The lowest BCUT2D eigenvalue weighted by Crippen LogP contribution is -2.24. The summed E-state index contributed by atoms with van der Waals surface area (Å²) in [5.41, 5.74) is 2.35. The molecule has 174 valence electrons. The van der Waals surface area contributed by atoms with E-state index in [9.17, 15) is 13.6 Å². The lowest BCUT2D eigenvalue weighted by molar-refractivity contribution is 0.318. The smallest absolute Gasteiger partial charge is 0.276 e. The number of sulfonamides is 1. The Morgan fingerprint density at radius 3 is 2.06 bits per heavy atom. The summed E-state index contributed by atoms with van der Waals surface area (Å²) in [6.07, 6.45) is 9.82. The molecule has 0 fully saturated rings. The van der Waals surface area contributed by atoms with Gasteiger partial charge in [0.1, 0.15) is 11.4 Å². The number of unbranched alkanes of at least 4 members (excludes halogenated alkanes) is 7. The molecule has 0 amide bonds. The molecule has 2 N–H and O–H groups in total. The van der Waals surface area contributed by atoms with Crippen molar-refractivity contribution in [2.24, 2.45) is 10.3 Å². The van der Waals surface area contributed by atoms with Crippen LogP contribution in [0, 0.1) is 6.92 Å². The van der Waals surface area contributed by atoms with Crippen molar-refractivity contribution in [3.8, 4) is 0 Å². The summed E-state index contributed by atoms with van der Waals surface area (Å²) in [6, 6.07) is 15.7. The molecule has 32 heavy (non-hydrogen) atoms. The standard InChI is InChI=1S/C25H35N3O3S/c1-3-4-5-6-7-8-9-13-16-24(27-29)25(22-14-11-10-12-15-22)26-28-32(30,31)23-19-17-21(2)18-20-23/h10-12,14-15,17-20,28-29H,3-9,13,16H2,1-2H3/b26-25+,27-24-. The fourth-order valence-electron chi connectivity index (χ4n) is 3.41. The molecule has 0 spiro atoms. The van der Waals surface area contributed by atoms with Crippen LogP contribution in [0.4, 0.5) is 0 Å². The lowest BCUT2D eigenvalue weighted by atomic mass is 10.0. The van der Waals surface area contributed by atoms with Gasteiger partial charge in [0.15, 0.2) is 0 Å². The van der Waals surface area contributed by atoms with Gasteiger partial charge in [-0.3, -0.25) is 0 Å². The van der Waals surface area contributed by atoms with E-state index < -0.39 is 10.0 Å². The van der Waals surface area contributed by atoms with E-state index in [1.165, 1.54) is 44.2 Å². The van der Waals surface area contributed by atoms with E-state index in [1.807, 2.05) is 37.3 Å². The maximum Gasteiger partial charge on any atom is 0.276 e. The Morgan fingerprint density at radius 2 is 1.47 bits per heavy atom. The van der Waals surface area contributed by atoms with Gasteiger partial charge in [-0.05, 0) is 31.9 Å². The average molecular weight is 458 g/mol. The Balaban J connectivity index is 2.08. The first-order valence-corrected chi connectivity index (χ1v) is 12.9. The summed E-state index contributed by atoms with van der Waals surface area (Å²) in [5, 5.41) is 17.3. The highest BCUT2D eigenvalue weighted by Crippen LogP contribution is 2.14. The quantitative estimate of drug-likeness (QED) is 0.157. The van der Waals surface area contributed by atoms with Crippen molar-refractivity contribution in [1.82, 2.24) is 4.83 Å². The summed E-state index contributed by atoms with van der Waals surface area (Å²) in [6.45, 7) is 4.10. The van der Waals surface area contributed by atoms with Crippen LogP contribution < -0.4 is 4.83 Å². The minimum Gasteiger partial charge on any atom is -0.411 e. The van der Waals surface area contributed by atoms with Gasteiger partial charge in [-0.2, -0.15) is 18.4 Å². The number of hydrazone groups is 1. The summed E-state index contributed by atoms with van der Waals surface area (Å²) in [4.78, 5) is 2.44. The number of hydrogen-bond acceptors (Lipinski definition) is 5. The third-order valence-corrected chi connectivity index (χ3v) is 6.54. The van der Waals surface area contributed by atoms with Crippen LogP contribution in [0.5, 0.6) is 0 Å². The Morgan fingerprint density at radius 1 is 0.875 bits per heavy atom. The molecule has 0 radical (unpaired) electrons. The van der Waals surface area contributed by atoms with Crippen molar-refractivity contribution in [3.05, 3.63) is 65.7 Å². The number of hydrogen-bond donors (Lipinski definition) is 2. The lowest BCUT2D eigenvalue weighted by Gasteiger charge is -2.11. The first kappa shape index (κ1) is 25.6. The van der Waals surface area contributed by atoms with Gasteiger partial charge >= 0.3 is 0 Å². The molecule has 0 aliphatic carbocycles. The molecule has 0 atom stereocenters. The largest absolute Gasteiger partial charge is 0.411 e. The normalized spacial score (nSPS) is 12.7. The van der Waals surface area contributed by atoms with E-state index in [-0.39, 0.29) is 4.90 Å². The average Bonchev–Trinajstić information content (AvgIpc) is 2.80. The van der Waals surface area contributed by atoms with Gasteiger partial charge in [0.25, 0.3) is 10.0 Å². The first-order chi connectivity index (χ1) is 15.5. The third-order valence-electron chi connectivity index (χ3n) is 5.32. The number of nitrogens with one attached hydrogen (secondary N) is 1. The van der Waals surface area contributed by atoms with E-state index in [0.717, 1.165) is 24.8 Å². The van der Waals surface area contributed by atoms with Crippen molar-refractivity contribution in [1.29, 1.82) is 0 Å². The fourth-order valence-corrected chi connectivity index (χ4v) is 4.22. The number of aryl methyl sites for hydroxylation is 1. The maximum absolute atomic E-state index is 12.7. The van der Waals surface area contributed by atoms with Crippen LogP contribution in [0.3, 0.4) is 0 Å². The molecule has 2 aromatic carbocycles. The molecule has 0 aliphatic heterocycles. The minimum absolute atomic E-state index is 0.129. The molecule has 2 rings (SSSR count). The van der Waals surface area contributed by atoms with Crippen molar-refractivity contribution in [2.75, 3.05) is 0 Å². The monoisotopic (exact) mass is 457 g/mol. The van der Waals surface area contributed by atoms with Crippen molar-refractivity contribution >= 4 is 21.4 Å². The predicted octanol–water partition coefficient (Wildman–Crippen LogP) is 6.04.